The molecule has 0 saturated heterocycles. The Kier molecular flexibility index (Phi) is 5.23. The van der Waals surface area contributed by atoms with E-state index in [1.54, 1.807) is 18.2 Å². The van der Waals surface area contributed by atoms with Crippen LogP contribution in [-0.4, -0.2) is 36.5 Å². The van der Waals surface area contributed by atoms with Gasteiger partial charge in [0.25, 0.3) is 21.8 Å². The number of halogens is 1. The zero-order valence-corrected chi connectivity index (χ0v) is 18.0. The number of sulfonamides is 1. The van der Waals surface area contributed by atoms with Crippen molar-refractivity contribution in [2.75, 3.05) is 0 Å². The van der Waals surface area contributed by atoms with Crippen LogP contribution in [0.1, 0.15) is 18.4 Å². The molecule has 1 aromatic carbocycles. The highest BCUT2D eigenvalue weighted by molar-refractivity contribution is 9.11. The maximum absolute atomic E-state index is 12.3. The number of amidine groups is 1. The van der Waals surface area contributed by atoms with Crippen molar-refractivity contribution in [3.8, 4) is 10.8 Å². The van der Waals surface area contributed by atoms with Crippen LogP contribution in [0.4, 0.5) is 0 Å². The van der Waals surface area contributed by atoms with Gasteiger partial charge in [-0.05, 0) is 47.1 Å². The van der Waals surface area contributed by atoms with Gasteiger partial charge < -0.3 is 9.15 Å². The highest BCUT2D eigenvalue weighted by Gasteiger charge is 2.31. The van der Waals surface area contributed by atoms with Gasteiger partial charge in [-0.1, -0.05) is 12.1 Å². The van der Waals surface area contributed by atoms with E-state index in [4.69, 9.17) is 9.15 Å². The van der Waals surface area contributed by atoms with Crippen molar-refractivity contribution in [3.05, 3.63) is 51.6 Å². The first-order valence-electron chi connectivity index (χ1n) is 8.28. The molecule has 4 rings (SSSR count). The van der Waals surface area contributed by atoms with Gasteiger partial charge in [0.15, 0.2) is 6.61 Å². The molecule has 3 aromatic rings. The zero-order chi connectivity index (χ0) is 20.6. The van der Waals surface area contributed by atoms with Crippen LogP contribution in [0.2, 0.25) is 0 Å². The van der Waals surface area contributed by atoms with Crippen LogP contribution in [0.3, 0.4) is 0 Å². The van der Waals surface area contributed by atoms with E-state index in [0.717, 1.165) is 8.66 Å². The molecular weight excluding hydrogens is 484 g/mol. The summed E-state index contributed by atoms with van der Waals surface area (Å²) < 4.78 is 38.1. The van der Waals surface area contributed by atoms with E-state index < -0.39 is 22.0 Å². The number of aliphatic imine (C=N–C) groups is 1. The second kappa shape index (κ2) is 7.69. The third-order valence-electron chi connectivity index (χ3n) is 3.92. The van der Waals surface area contributed by atoms with E-state index in [2.05, 4.69) is 35.8 Å². The molecule has 3 heterocycles. The Hall–Kier alpha value is -2.57. The predicted octanol–water partition coefficient (Wildman–Crippen LogP) is 2.73. The second-order valence-electron chi connectivity index (χ2n) is 5.97. The molecule has 0 saturated carbocycles. The topological polar surface area (TPSA) is 124 Å². The largest absolute Gasteiger partial charge is 0.454 e. The third kappa shape index (κ3) is 4.09. The fraction of sp³-hybridized carbons (Fsp3) is 0.176. The van der Waals surface area contributed by atoms with Crippen LogP contribution in [0.15, 0.2) is 54.5 Å². The molecule has 0 unspecified atom stereocenters. The minimum Gasteiger partial charge on any atom is -0.454 e. The lowest BCUT2D eigenvalue weighted by atomic mass is 10.2. The lowest BCUT2D eigenvalue weighted by Gasteiger charge is -2.07. The van der Waals surface area contributed by atoms with Crippen LogP contribution in [0.25, 0.3) is 10.8 Å². The molecule has 0 fully saturated rings. The number of rotatable bonds is 5. The van der Waals surface area contributed by atoms with Gasteiger partial charge in [-0.3, -0.25) is 9.71 Å². The first-order valence-corrected chi connectivity index (χ1v) is 11.4. The van der Waals surface area contributed by atoms with Crippen LogP contribution >= 0.6 is 27.3 Å². The van der Waals surface area contributed by atoms with Crippen LogP contribution in [0.5, 0.6) is 0 Å². The van der Waals surface area contributed by atoms with Crippen molar-refractivity contribution in [2.24, 2.45) is 4.99 Å². The average Bonchev–Trinajstić information content (AvgIpc) is 3.39. The summed E-state index contributed by atoms with van der Waals surface area (Å²) in [6.45, 7) is 1.29. The van der Waals surface area contributed by atoms with Crippen molar-refractivity contribution in [1.29, 1.82) is 0 Å². The monoisotopic (exact) mass is 496 g/mol. The van der Waals surface area contributed by atoms with Gasteiger partial charge in [-0.15, -0.1) is 21.5 Å². The fourth-order valence-electron chi connectivity index (χ4n) is 2.57. The second-order valence-corrected chi connectivity index (χ2v) is 10.1. The Morgan fingerprint density at radius 2 is 2.10 bits per heavy atom. The maximum Gasteiger partial charge on any atom is 0.331 e. The standard InChI is InChI=1S/C17H13BrN4O5S2/c1-9(19-15-10-4-2-3-5-12(10)29(24,25)22-15)17(23)26-8-14-20-21-16(27-14)11-6-7-13(18)28-11/h2-7,9H,8H2,1H3,(H,19,22)/t9-/m0/s1. The van der Waals surface area contributed by atoms with Gasteiger partial charge in [0.1, 0.15) is 11.9 Å². The molecule has 0 radical (unpaired) electrons. The predicted molar refractivity (Wildman–Crippen MR) is 108 cm³/mol. The summed E-state index contributed by atoms with van der Waals surface area (Å²) in [6.07, 6.45) is 0. The number of carbonyl (C=O) groups is 1. The number of ether oxygens (including phenoxy) is 1. The molecule has 150 valence electrons. The minimum absolute atomic E-state index is 0.105. The summed E-state index contributed by atoms with van der Waals surface area (Å²) in [4.78, 5) is 17.3. The lowest BCUT2D eigenvalue weighted by molar-refractivity contribution is -0.146. The maximum atomic E-state index is 12.3. The molecular formula is C17H13BrN4O5S2. The molecule has 29 heavy (non-hydrogen) atoms. The highest BCUT2D eigenvalue weighted by Crippen LogP contribution is 2.30. The molecule has 0 amide bonds. The number of fused-ring (bicyclic) bond motifs is 1. The highest BCUT2D eigenvalue weighted by atomic mass is 79.9. The Bertz CT molecular complexity index is 1220. The van der Waals surface area contributed by atoms with Crippen molar-refractivity contribution in [2.45, 2.75) is 24.5 Å². The van der Waals surface area contributed by atoms with Crippen molar-refractivity contribution < 1.29 is 22.4 Å². The van der Waals surface area contributed by atoms with E-state index in [-0.39, 0.29) is 23.2 Å². The first-order chi connectivity index (χ1) is 13.8. The van der Waals surface area contributed by atoms with Gasteiger partial charge in [-0.25, -0.2) is 13.2 Å². The number of thiophene rings is 1. The molecule has 1 atom stereocenters. The van der Waals surface area contributed by atoms with Gasteiger partial charge in [-0.2, -0.15) is 0 Å². The van der Waals surface area contributed by atoms with E-state index in [1.165, 1.54) is 24.3 Å². The van der Waals surface area contributed by atoms with Crippen molar-refractivity contribution >= 4 is 49.1 Å². The molecule has 0 bridgehead atoms. The summed E-state index contributed by atoms with van der Waals surface area (Å²) in [6, 6.07) is 9.16. The van der Waals surface area contributed by atoms with E-state index in [0.29, 0.717) is 11.5 Å². The summed E-state index contributed by atoms with van der Waals surface area (Å²) in [5, 5.41) is 7.78. The van der Waals surface area contributed by atoms with Gasteiger partial charge in [0.2, 0.25) is 0 Å². The summed E-state index contributed by atoms with van der Waals surface area (Å²) in [5.74, 6) is -0.0743. The smallest absolute Gasteiger partial charge is 0.331 e. The zero-order valence-electron chi connectivity index (χ0n) is 14.8. The molecule has 0 spiro atoms. The Morgan fingerprint density at radius 1 is 1.31 bits per heavy atom. The van der Waals surface area contributed by atoms with Gasteiger partial charge in [0.05, 0.1) is 13.6 Å². The summed E-state index contributed by atoms with van der Waals surface area (Å²) in [5.41, 5.74) is 0.413. The first kappa shape index (κ1) is 19.7. The van der Waals surface area contributed by atoms with Crippen LogP contribution in [0, 0.1) is 0 Å². The lowest BCUT2D eigenvalue weighted by Crippen LogP contribution is -2.26. The third-order valence-corrected chi connectivity index (χ3v) is 6.92. The minimum atomic E-state index is -3.67. The van der Waals surface area contributed by atoms with Crippen molar-refractivity contribution in [1.82, 2.24) is 14.9 Å². The number of benzene rings is 1. The summed E-state index contributed by atoms with van der Waals surface area (Å²) >= 11 is 4.79. The molecule has 1 N–H and O–H groups in total. The van der Waals surface area contributed by atoms with E-state index in [1.807, 2.05) is 12.1 Å². The number of nitrogens with zero attached hydrogens (tertiary/aromatic N) is 3. The number of hydrogen-bond donors (Lipinski definition) is 1. The normalized spacial score (nSPS) is 17.0. The fourth-order valence-corrected chi connectivity index (χ4v) is 5.12. The molecule has 12 heteroatoms. The molecule has 1 aliphatic heterocycles. The van der Waals surface area contributed by atoms with Gasteiger partial charge >= 0.3 is 5.97 Å². The Labute approximate surface area is 178 Å². The number of esters is 1. The van der Waals surface area contributed by atoms with E-state index >= 15 is 0 Å². The van der Waals surface area contributed by atoms with E-state index in [9.17, 15) is 13.2 Å². The number of hydrogen-bond acceptors (Lipinski definition) is 9. The molecule has 2 aromatic heterocycles. The van der Waals surface area contributed by atoms with Crippen molar-refractivity contribution in [3.63, 3.8) is 0 Å². The SMILES string of the molecule is C[C@H](N=C1NS(=O)(=O)c2ccccc21)C(=O)OCc1nnc(-c2ccc(Br)s2)o1. The van der Waals surface area contributed by atoms with Crippen LogP contribution in [-0.2, 0) is 26.2 Å². The number of nitrogens with one attached hydrogen (secondary N) is 1. The average molecular weight is 497 g/mol. The molecule has 1 aliphatic rings. The van der Waals surface area contributed by atoms with Crippen LogP contribution < -0.4 is 4.72 Å². The Balaban J connectivity index is 1.42. The Morgan fingerprint density at radius 3 is 2.86 bits per heavy atom. The number of carbonyl (C=O) groups excluding carboxylic acids is 1. The molecule has 0 aliphatic carbocycles. The summed E-state index contributed by atoms with van der Waals surface area (Å²) in [7, 11) is -3.67. The molecule has 9 nitrogen and oxygen atoms in total. The van der Waals surface area contributed by atoms with Gasteiger partial charge in [0, 0.05) is 5.56 Å². The quantitative estimate of drug-likeness (QED) is 0.538. The number of aromatic nitrogens is 2.